The molecule has 0 aromatic rings. The molecule has 0 amide bonds. The van der Waals surface area contributed by atoms with Crippen LogP contribution in [0.2, 0.25) is 0 Å². The van der Waals surface area contributed by atoms with Crippen LogP contribution in [0.4, 0.5) is 0 Å². The number of nitrogens with zero attached hydrogens (tertiary/aromatic N) is 1. The molecule has 2 fully saturated rings. The highest BCUT2D eigenvalue weighted by Crippen LogP contribution is 2.34. The van der Waals surface area contributed by atoms with E-state index in [-0.39, 0.29) is 12.5 Å². The quantitative estimate of drug-likeness (QED) is 0.747. The molecule has 1 heterocycles. The minimum Gasteiger partial charge on any atom is -0.481 e. The van der Waals surface area contributed by atoms with Crippen LogP contribution in [0.1, 0.15) is 25.7 Å². The third-order valence-corrected chi connectivity index (χ3v) is 6.40. The van der Waals surface area contributed by atoms with Crippen molar-refractivity contribution in [1.82, 2.24) is 4.31 Å². The Balaban J connectivity index is 2.14. The smallest absolute Gasteiger partial charge is 0.307 e. The lowest BCUT2D eigenvalue weighted by molar-refractivity contribution is -0.141. The van der Waals surface area contributed by atoms with Crippen LogP contribution in [0, 0.1) is 11.8 Å². The van der Waals surface area contributed by atoms with Gasteiger partial charge >= 0.3 is 5.97 Å². The molecule has 7 heteroatoms. The summed E-state index contributed by atoms with van der Waals surface area (Å²) in [4.78, 5) is 11.1. The van der Waals surface area contributed by atoms with E-state index in [0.29, 0.717) is 38.8 Å². The monoisotopic (exact) mass is 277 g/mol. The topological polar surface area (TPSA) is 94.9 Å². The maximum Gasteiger partial charge on any atom is 0.307 e. The summed E-state index contributed by atoms with van der Waals surface area (Å²) in [6, 6.07) is 0. The fourth-order valence-corrected chi connectivity index (χ4v) is 5.23. The first kappa shape index (κ1) is 13.8. The molecular weight excluding hydrogens is 258 g/mol. The van der Waals surface area contributed by atoms with Gasteiger partial charge in [0, 0.05) is 19.7 Å². The molecule has 2 rings (SSSR count). The summed E-state index contributed by atoms with van der Waals surface area (Å²) in [5.41, 5.74) is 0. The van der Waals surface area contributed by atoms with Gasteiger partial charge in [0.2, 0.25) is 10.0 Å². The molecule has 6 nitrogen and oxygen atoms in total. The highest BCUT2D eigenvalue weighted by atomic mass is 32.2. The third-order valence-electron chi connectivity index (χ3n) is 4.02. The number of sulfonamides is 1. The van der Waals surface area contributed by atoms with Gasteiger partial charge in [0.15, 0.2) is 0 Å². The standard InChI is InChI=1S/C11H19NO5S/c13-7-8-4-5-12(6-8)18(16,17)10-3-1-2-9(10)11(14)15/h8-10,13H,1-7H2,(H,14,15). The van der Waals surface area contributed by atoms with E-state index in [1.807, 2.05) is 0 Å². The fourth-order valence-electron chi connectivity index (χ4n) is 2.93. The number of hydrogen-bond acceptors (Lipinski definition) is 4. The van der Waals surface area contributed by atoms with Crippen LogP contribution in [0.3, 0.4) is 0 Å². The molecule has 0 radical (unpaired) electrons. The van der Waals surface area contributed by atoms with Gasteiger partial charge in [-0.25, -0.2) is 12.7 Å². The molecule has 104 valence electrons. The van der Waals surface area contributed by atoms with E-state index in [1.54, 1.807) is 0 Å². The van der Waals surface area contributed by atoms with Gasteiger partial charge < -0.3 is 10.2 Å². The molecule has 0 spiro atoms. The van der Waals surface area contributed by atoms with Crippen molar-refractivity contribution < 1.29 is 23.4 Å². The predicted molar refractivity (Wildman–Crippen MR) is 64.5 cm³/mol. The van der Waals surface area contributed by atoms with E-state index in [4.69, 9.17) is 10.2 Å². The van der Waals surface area contributed by atoms with Gasteiger partial charge in [-0.1, -0.05) is 6.42 Å². The number of carboxylic acids is 1. The van der Waals surface area contributed by atoms with Crippen molar-refractivity contribution in [2.24, 2.45) is 11.8 Å². The first-order valence-corrected chi connectivity index (χ1v) is 7.79. The van der Waals surface area contributed by atoms with Crippen LogP contribution in [-0.4, -0.2) is 53.9 Å². The van der Waals surface area contributed by atoms with Gasteiger partial charge in [0.25, 0.3) is 0 Å². The Bertz CT molecular complexity index is 421. The van der Waals surface area contributed by atoms with Crippen LogP contribution in [0.15, 0.2) is 0 Å². The normalized spacial score (nSPS) is 33.9. The molecule has 2 aliphatic rings. The van der Waals surface area contributed by atoms with Crippen molar-refractivity contribution in [1.29, 1.82) is 0 Å². The van der Waals surface area contributed by atoms with Crippen molar-refractivity contribution in [3.63, 3.8) is 0 Å². The molecule has 2 N–H and O–H groups in total. The van der Waals surface area contributed by atoms with Gasteiger partial charge in [0.05, 0.1) is 11.2 Å². The number of aliphatic carboxylic acids is 1. The van der Waals surface area contributed by atoms with Gasteiger partial charge in [-0.05, 0) is 25.2 Å². The maximum absolute atomic E-state index is 12.4. The molecule has 1 saturated carbocycles. The number of carboxylic acid groups (broad SMARTS) is 1. The lowest BCUT2D eigenvalue weighted by atomic mass is 10.1. The molecule has 18 heavy (non-hydrogen) atoms. The Morgan fingerprint density at radius 2 is 2.00 bits per heavy atom. The highest BCUT2D eigenvalue weighted by Gasteiger charge is 2.45. The minimum absolute atomic E-state index is 0.00976. The van der Waals surface area contributed by atoms with E-state index in [1.165, 1.54) is 4.31 Å². The second kappa shape index (κ2) is 5.14. The van der Waals surface area contributed by atoms with Crippen molar-refractivity contribution in [2.75, 3.05) is 19.7 Å². The summed E-state index contributed by atoms with van der Waals surface area (Å²) in [5.74, 6) is -1.80. The number of carbonyl (C=O) groups is 1. The third kappa shape index (κ3) is 2.39. The lowest BCUT2D eigenvalue weighted by Gasteiger charge is -2.23. The molecule has 1 aliphatic carbocycles. The summed E-state index contributed by atoms with van der Waals surface area (Å²) in [6.45, 7) is 0.705. The van der Waals surface area contributed by atoms with E-state index in [2.05, 4.69) is 0 Å². The van der Waals surface area contributed by atoms with Crippen molar-refractivity contribution in [2.45, 2.75) is 30.9 Å². The van der Waals surface area contributed by atoms with Crippen LogP contribution in [0.5, 0.6) is 0 Å². The molecule has 0 bridgehead atoms. The average molecular weight is 277 g/mol. The van der Waals surface area contributed by atoms with Crippen LogP contribution in [0.25, 0.3) is 0 Å². The molecule has 0 aromatic carbocycles. The SMILES string of the molecule is O=C(O)C1CCCC1S(=O)(=O)N1CCC(CO)C1. The number of rotatable bonds is 4. The van der Waals surface area contributed by atoms with Gasteiger partial charge in [-0.15, -0.1) is 0 Å². The van der Waals surface area contributed by atoms with Crippen molar-refractivity contribution in [3.8, 4) is 0 Å². The molecule has 1 aliphatic heterocycles. The lowest BCUT2D eigenvalue weighted by Crippen LogP contribution is -2.41. The van der Waals surface area contributed by atoms with E-state index in [0.717, 1.165) is 0 Å². The largest absolute Gasteiger partial charge is 0.481 e. The first-order valence-electron chi connectivity index (χ1n) is 6.29. The maximum atomic E-state index is 12.4. The molecule has 0 aromatic heterocycles. The Morgan fingerprint density at radius 3 is 2.56 bits per heavy atom. The average Bonchev–Trinajstić information content (AvgIpc) is 2.98. The van der Waals surface area contributed by atoms with Crippen molar-refractivity contribution >= 4 is 16.0 Å². The summed E-state index contributed by atoms with van der Waals surface area (Å²) in [6.07, 6.45) is 2.18. The molecule has 1 saturated heterocycles. The Labute approximate surface area is 107 Å². The van der Waals surface area contributed by atoms with E-state index in [9.17, 15) is 13.2 Å². The summed E-state index contributed by atoms with van der Waals surface area (Å²) >= 11 is 0. The molecule has 3 unspecified atom stereocenters. The fraction of sp³-hybridized carbons (Fsp3) is 0.909. The predicted octanol–water partition coefficient (Wildman–Crippen LogP) is -0.116. The van der Waals surface area contributed by atoms with Crippen LogP contribution >= 0.6 is 0 Å². The second-order valence-corrected chi connectivity index (χ2v) is 7.31. The Kier molecular flexibility index (Phi) is 3.93. The minimum atomic E-state index is -3.53. The highest BCUT2D eigenvalue weighted by molar-refractivity contribution is 7.89. The van der Waals surface area contributed by atoms with E-state index < -0.39 is 27.2 Å². The first-order chi connectivity index (χ1) is 8.46. The number of aliphatic hydroxyl groups is 1. The zero-order valence-electron chi connectivity index (χ0n) is 10.2. The van der Waals surface area contributed by atoms with Crippen molar-refractivity contribution in [3.05, 3.63) is 0 Å². The Morgan fingerprint density at radius 1 is 1.28 bits per heavy atom. The number of aliphatic hydroxyl groups excluding tert-OH is 1. The van der Waals surface area contributed by atoms with Crippen LogP contribution < -0.4 is 0 Å². The second-order valence-electron chi connectivity index (χ2n) is 5.15. The summed E-state index contributed by atoms with van der Waals surface area (Å²) in [5, 5.41) is 17.3. The van der Waals surface area contributed by atoms with Crippen LogP contribution in [-0.2, 0) is 14.8 Å². The van der Waals surface area contributed by atoms with Gasteiger partial charge in [-0.3, -0.25) is 4.79 Å². The number of hydrogen-bond donors (Lipinski definition) is 2. The van der Waals surface area contributed by atoms with Gasteiger partial charge in [-0.2, -0.15) is 0 Å². The molecule has 3 atom stereocenters. The van der Waals surface area contributed by atoms with E-state index >= 15 is 0 Å². The Hall–Kier alpha value is -0.660. The zero-order chi connectivity index (χ0) is 13.3. The van der Waals surface area contributed by atoms with Gasteiger partial charge in [0.1, 0.15) is 0 Å². The summed E-state index contributed by atoms with van der Waals surface area (Å²) in [7, 11) is -3.53. The zero-order valence-corrected chi connectivity index (χ0v) is 11.0. The molecular formula is C11H19NO5S. The summed E-state index contributed by atoms with van der Waals surface area (Å²) < 4.78 is 26.1.